The van der Waals surface area contributed by atoms with Gasteiger partial charge in [0.05, 0.1) is 7.11 Å². The van der Waals surface area contributed by atoms with E-state index in [2.05, 4.69) is 36.5 Å². The highest BCUT2D eigenvalue weighted by Crippen LogP contribution is 2.13. The summed E-state index contributed by atoms with van der Waals surface area (Å²) in [6.07, 6.45) is 4.16. The van der Waals surface area contributed by atoms with Crippen LogP contribution in [0.15, 0.2) is 54.6 Å². The van der Waals surface area contributed by atoms with E-state index in [4.69, 9.17) is 4.74 Å². The number of nitrogens with one attached hydrogen (secondary N) is 1. The van der Waals surface area contributed by atoms with Crippen molar-refractivity contribution in [2.24, 2.45) is 0 Å². The fraction of sp³-hybridized carbons (Fsp3) is 0.211. The zero-order valence-corrected chi connectivity index (χ0v) is 13.0. The number of aryl methyl sites for hydroxylation is 1. The summed E-state index contributed by atoms with van der Waals surface area (Å²) in [4.78, 5) is 11.8. The summed E-state index contributed by atoms with van der Waals surface area (Å²) in [6.45, 7) is 2.69. The summed E-state index contributed by atoms with van der Waals surface area (Å²) in [5, 5.41) is 2.89. The Morgan fingerprint density at radius 1 is 1.18 bits per heavy atom. The van der Waals surface area contributed by atoms with Gasteiger partial charge < -0.3 is 10.1 Å². The largest absolute Gasteiger partial charge is 0.497 e. The van der Waals surface area contributed by atoms with Crippen LogP contribution in [0.3, 0.4) is 0 Å². The molecule has 0 aromatic heterocycles. The summed E-state index contributed by atoms with van der Waals surface area (Å²) in [5.41, 5.74) is 3.41. The van der Waals surface area contributed by atoms with Crippen molar-refractivity contribution in [3.05, 3.63) is 71.3 Å². The van der Waals surface area contributed by atoms with Gasteiger partial charge in [0, 0.05) is 12.6 Å². The van der Waals surface area contributed by atoms with Gasteiger partial charge in [-0.3, -0.25) is 4.79 Å². The predicted molar refractivity (Wildman–Crippen MR) is 89.9 cm³/mol. The maximum Gasteiger partial charge on any atom is 0.244 e. The molecule has 0 bridgehead atoms. The van der Waals surface area contributed by atoms with Crippen LogP contribution >= 0.6 is 0 Å². The topological polar surface area (TPSA) is 38.3 Å². The summed E-state index contributed by atoms with van der Waals surface area (Å²) >= 11 is 0. The lowest BCUT2D eigenvalue weighted by Crippen LogP contribution is -2.23. The van der Waals surface area contributed by atoms with Crippen molar-refractivity contribution in [2.75, 3.05) is 13.7 Å². The molecule has 0 spiro atoms. The van der Waals surface area contributed by atoms with Crippen LogP contribution in [0.1, 0.15) is 16.7 Å². The molecule has 1 amide bonds. The Morgan fingerprint density at radius 2 is 1.95 bits per heavy atom. The summed E-state index contributed by atoms with van der Waals surface area (Å²) in [7, 11) is 1.63. The first kappa shape index (κ1) is 15.8. The van der Waals surface area contributed by atoms with Gasteiger partial charge in [-0.25, -0.2) is 0 Å². The lowest BCUT2D eigenvalue weighted by Gasteiger charge is -2.03. The molecule has 3 heteroatoms. The highest BCUT2D eigenvalue weighted by molar-refractivity contribution is 5.91. The second-order valence-electron chi connectivity index (χ2n) is 5.14. The molecule has 22 heavy (non-hydrogen) atoms. The van der Waals surface area contributed by atoms with Crippen molar-refractivity contribution in [1.29, 1.82) is 0 Å². The molecule has 0 radical (unpaired) electrons. The highest BCUT2D eigenvalue weighted by Gasteiger charge is 1.97. The van der Waals surface area contributed by atoms with Crippen molar-refractivity contribution in [1.82, 2.24) is 5.32 Å². The SMILES string of the molecule is COc1cccc(/C=C/C(=O)NCCc2ccc(C)cc2)c1. The van der Waals surface area contributed by atoms with Crippen LogP contribution in [0.5, 0.6) is 5.75 Å². The molecule has 0 saturated heterocycles. The molecule has 0 saturated carbocycles. The zero-order chi connectivity index (χ0) is 15.8. The summed E-state index contributed by atoms with van der Waals surface area (Å²) in [6, 6.07) is 15.9. The van der Waals surface area contributed by atoms with Gasteiger partial charge in [0.25, 0.3) is 0 Å². The van der Waals surface area contributed by atoms with E-state index in [9.17, 15) is 4.79 Å². The van der Waals surface area contributed by atoms with Crippen molar-refractivity contribution in [3.8, 4) is 5.75 Å². The van der Waals surface area contributed by atoms with Gasteiger partial charge in [0.2, 0.25) is 5.91 Å². The van der Waals surface area contributed by atoms with E-state index in [1.54, 1.807) is 19.3 Å². The second-order valence-corrected chi connectivity index (χ2v) is 5.14. The molecule has 2 aromatic carbocycles. The molecule has 0 heterocycles. The van der Waals surface area contributed by atoms with Gasteiger partial charge in [-0.1, -0.05) is 42.0 Å². The molecule has 0 fully saturated rings. The van der Waals surface area contributed by atoms with Gasteiger partial charge in [0.15, 0.2) is 0 Å². The smallest absolute Gasteiger partial charge is 0.244 e. The Kier molecular flexibility index (Phi) is 5.78. The number of hydrogen-bond donors (Lipinski definition) is 1. The van der Waals surface area contributed by atoms with Crippen LogP contribution < -0.4 is 10.1 Å². The van der Waals surface area contributed by atoms with Crippen molar-refractivity contribution >= 4 is 12.0 Å². The molecule has 114 valence electrons. The van der Waals surface area contributed by atoms with E-state index in [-0.39, 0.29) is 5.91 Å². The second kappa shape index (κ2) is 8.03. The van der Waals surface area contributed by atoms with Crippen LogP contribution in [0.4, 0.5) is 0 Å². The summed E-state index contributed by atoms with van der Waals surface area (Å²) < 4.78 is 5.15. The highest BCUT2D eigenvalue weighted by atomic mass is 16.5. The van der Waals surface area contributed by atoms with Crippen molar-refractivity contribution < 1.29 is 9.53 Å². The Morgan fingerprint density at radius 3 is 2.68 bits per heavy atom. The minimum atomic E-state index is -0.0880. The average molecular weight is 295 g/mol. The fourth-order valence-corrected chi connectivity index (χ4v) is 2.06. The number of carbonyl (C=O) groups excluding carboxylic acids is 1. The van der Waals surface area contributed by atoms with E-state index in [1.807, 2.05) is 24.3 Å². The van der Waals surface area contributed by atoms with E-state index < -0.39 is 0 Å². The molecule has 0 aliphatic carbocycles. The van der Waals surface area contributed by atoms with Gasteiger partial charge in [-0.15, -0.1) is 0 Å². The van der Waals surface area contributed by atoms with E-state index >= 15 is 0 Å². The van der Waals surface area contributed by atoms with Crippen LogP contribution in [0.25, 0.3) is 6.08 Å². The molecule has 0 unspecified atom stereocenters. The Balaban J connectivity index is 1.79. The number of methoxy groups -OCH3 is 1. The molecular weight excluding hydrogens is 274 g/mol. The third-order valence-corrected chi connectivity index (χ3v) is 3.35. The number of hydrogen-bond acceptors (Lipinski definition) is 2. The van der Waals surface area contributed by atoms with Gasteiger partial charge >= 0.3 is 0 Å². The average Bonchev–Trinajstić information content (AvgIpc) is 2.55. The Labute approximate surface area is 131 Å². The summed E-state index contributed by atoms with van der Waals surface area (Å²) in [5.74, 6) is 0.692. The van der Waals surface area contributed by atoms with E-state index in [1.165, 1.54) is 11.1 Å². The first-order chi connectivity index (χ1) is 10.7. The van der Waals surface area contributed by atoms with E-state index in [0.29, 0.717) is 6.54 Å². The zero-order valence-electron chi connectivity index (χ0n) is 13.0. The van der Waals surface area contributed by atoms with Gasteiger partial charge in [0.1, 0.15) is 5.75 Å². The van der Waals surface area contributed by atoms with E-state index in [0.717, 1.165) is 17.7 Å². The van der Waals surface area contributed by atoms with Crippen LogP contribution in [-0.4, -0.2) is 19.6 Å². The van der Waals surface area contributed by atoms with Crippen LogP contribution in [0, 0.1) is 6.92 Å². The number of carbonyl (C=O) groups is 1. The number of ether oxygens (including phenoxy) is 1. The Hall–Kier alpha value is -2.55. The molecule has 2 aromatic rings. The third kappa shape index (κ3) is 5.09. The number of rotatable bonds is 6. The lowest BCUT2D eigenvalue weighted by atomic mass is 10.1. The normalized spacial score (nSPS) is 10.6. The maximum absolute atomic E-state index is 11.8. The monoisotopic (exact) mass is 295 g/mol. The molecule has 0 atom stereocenters. The minimum absolute atomic E-state index is 0.0880. The van der Waals surface area contributed by atoms with Crippen molar-refractivity contribution in [3.63, 3.8) is 0 Å². The molecule has 3 nitrogen and oxygen atoms in total. The molecule has 0 aliphatic rings. The maximum atomic E-state index is 11.8. The molecule has 2 rings (SSSR count). The third-order valence-electron chi connectivity index (χ3n) is 3.35. The van der Waals surface area contributed by atoms with Crippen LogP contribution in [-0.2, 0) is 11.2 Å². The molecule has 1 N–H and O–H groups in total. The number of benzene rings is 2. The van der Waals surface area contributed by atoms with Gasteiger partial charge in [-0.2, -0.15) is 0 Å². The first-order valence-electron chi connectivity index (χ1n) is 7.33. The molecular formula is C19H21NO2. The first-order valence-corrected chi connectivity index (χ1v) is 7.33. The van der Waals surface area contributed by atoms with Crippen LogP contribution in [0.2, 0.25) is 0 Å². The van der Waals surface area contributed by atoms with Gasteiger partial charge in [-0.05, 0) is 42.7 Å². The molecule has 0 aliphatic heterocycles. The predicted octanol–water partition coefficient (Wildman–Crippen LogP) is 3.38. The standard InChI is InChI=1S/C19H21NO2/c1-15-6-8-16(9-7-15)12-13-20-19(21)11-10-17-4-3-5-18(14-17)22-2/h3-11,14H,12-13H2,1-2H3,(H,20,21)/b11-10+. The quantitative estimate of drug-likeness (QED) is 0.830. The lowest BCUT2D eigenvalue weighted by molar-refractivity contribution is -0.116. The minimum Gasteiger partial charge on any atom is -0.497 e. The number of amides is 1. The Bertz CT molecular complexity index is 645. The fourth-order valence-electron chi connectivity index (χ4n) is 2.06. The van der Waals surface area contributed by atoms with Crippen molar-refractivity contribution in [2.45, 2.75) is 13.3 Å².